The van der Waals surface area contributed by atoms with Crippen LogP contribution in [0.3, 0.4) is 0 Å². The number of non-ortho nitro benzene ring substituents is 1. The number of nitro groups is 1. The summed E-state index contributed by atoms with van der Waals surface area (Å²) in [7, 11) is 0. The van der Waals surface area contributed by atoms with E-state index in [-0.39, 0.29) is 11.3 Å². The van der Waals surface area contributed by atoms with Gasteiger partial charge in [0.15, 0.2) is 11.5 Å². The van der Waals surface area contributed by atoms with Crippen molar-refractivity contribution < 1.29 is 19.2 Å². The molecule has 0 aliphatic rings. The number of nitrogens with zero attached hydrogens (tertiary/aromatic N) is 2. The molecule has 0 aliphatic heterocycles. The Hall–Kier alpha value is -3.91. The van der Waals surface area contributed by atoms with E-state index in [0.29, 0.717) is 35.3 Å². The van der Waals surface area contributed by atoms with E-state index < -0.39 is 10.8 Å². The number of nitrogens with one attached hydrogen (secondary N) is 1. The predicted molar refractivity (Wildman–Crippen MR) is 122 cm³/mol. The van der Waals surface area contributed by atoms with Crippen LogP contribution in [0.15, 0.2) is 71.8 Å². The minimum atomic E-state index is -0.564. The zero-order chi connectivity index (χ0) is 22.9. The molecule has 32 heavy (non-hydrogen) atoms. The zero-order valence-corrected chi connectivity index (χ0v) is 17.9. The maximum absolute atomic E-state index is 12.2. The van der Waals surface area contributed by atoms with Crippen molar-refractivity contribution in [1.82, 2.24) is 5.43 Å². The molecule has 3 rings (SSSR count). The van der Waals surface area contributed by atoms with Gasteiger partial charge in [-0.1, -0.05) is 29.8 Å². The Morgan fingerprint density at radius 1 is 1.09 bits per heavy atom. The molecule has 1 N–H and O–H groups in total. The third-order valence-corrected chi connectivity index (χ3v) is 4.53. The van der Waals surface area contributed by atoms with Gasteiger partial charge in [-0.05, 0) is 54.4 Å². The van der Waals surface area contributed by atoms with Gasteiger partial charge in [0.1, 0.15) is 6.61 Å². The third-order valence-electron chi connectivity index (χ3n) is 4.27. The fraction of sp³-hybridized carbons (Fsp3) is 0.130. The second kappa shape index (κ2) is 10.9. The number of hydrazone groups is 1. The molecular formula is C23H20ClN3O5. The van der Waals surface area contributed by atoms with Crippen LogP contribution < -0.4 is 14.9 Å². The molecule has 0 radical (unpaired) electrons. The summed E-state index contributed by atoms with van der Waals surface area (Å²) in [5.74, 6) is 0.549. The van der Waals surface area contributed by atoms with Crippen molar-refractivity contribution in [2.45, 2.75) is 13.5 Å². The number of carbonyl (C=O) groups is 1. The number of rotatable bonds is 9. The number of ether oxygens (including phenoxy) is 2. The summed E-state index contributed by atoms with van der Waals surface area (Å²) in [5.41, 5.74) is 3.96. The van der Waals surface area contributed by atoms with Gasteiger partial charge in [-0.3, -0.25) is 14.9 Å². The highest BCUT2D eigenvalue weighted by molar-refractivity contribution is 6.30. The molecule has 164 valence electrons. The number of benzene rings is 3. The zero-order valence-electron chi connectivity index (χ0n) is 17.2. The molecule has 0 saturated heterocycles. The molecule has 1 amide bonds. The van der Waals surface area contributed by atoms with E-state index in [0.717, 1.165) is 5.56 Å². The Morgan fingerprint density at radius 2 is 1.88 bits per heavy atom. The highest BCUT2D eigenvalue weighted by Gasteiger charge is 2.11. The normalized spacial score (nSPS) is 10.7. The fourth-order valence-corrected chi connectivity index (χ4v) is 2.85. The first-order chi connectivity index (χ1) is 15.5. The molecule has 0 aromatic heterocycles. The number of halogens is 1. The minimum Gasteiger partial charge on any atom is -0.490 e. The average molecular weight is 454 g/mol. The van der Waals surface area contributed by atoms with Crippen LogP contribution in [0.5, 0.6) is 11.5 Å². The molecule has 3 aromatic carbocycles. The summed E-state index contributed by atoms with van der Waals surface area (Å²) >= 11 is 5.90. The number of amides is 1. The first-order valence-corrected chi connectivity index (χ1v) is 10.1. The van der Waals surface area contributed by atoms with Gasteiger partial charge in [0.05, 0.1) is 17.7 Å². The van der Waals surface area contributed by atoms with E-state index in [1.54, 1.807) is 30.3 Å². The van der Waals surface area contributed by atoms with Crippen LogP contribution in [0, 0.1) is 10.1 Å². The summed E-state index contributed by atoms with van der Waals surface area (Å²) in [6, 6.07) is 18.0. The van der Waals surface area contributed by atoms with Crippen LogP contribution in [0.2, 0.25) is 5.02 Å². The second-order valence-electron chi connectivity index (χ2n) is 6.56. The van der Waals surface area contributed by atoms with Gasteiger partial charge in [0.2, 0.25) is 0 Å². The van der Waals surface area contributed by atoms with Gasteiger partial charge >= 0.3 is 0 Å². The SMILES string of the molecule is CCOc1cc(/C=N/NC(=O)c2cccc([N+](=O)[O-])c2)ccc1OCc1ccc(Cl)cc1. The van der Waals surface area contributed by atoms with E-state index >= 15 is 0 Å². The Balaban J connectivity index is 1.65. The lowest BCUT2D eigenvalue weighted by Gasteiger charge is -2.12. The van der Waals surface area contributed by atoms with Crippen molar-refractivity contribution in [3.05, 3.63) is 98.6 Å². The van der Waals surface area contributed by atoms with Gasteiger partial charge in [0.25, 0.3) is 11.6 Å². The fourth-order valence-electron chi connectivity index (χ4n) is 2.72. The van der Waals surface area contributed by atoms with Crippen LogP contribution >= 0.6 is 11.6 Å². The van der Waals surface area contributed by atoms with Gasteiger partial charge in [-0.25, -0.2) is 5.43 Å². The lowest BCUT2D eigenvalue weighted by atomic mass is 10.2. The van der Waals surface area contributed by atoms with Gasteiger partial charge in [-0.2, -0.15) is 5.10 Å². The standard InChI is InChI=1S/C23H20ClN3O5/c1-2-31-22-12-17(8-11-21(22)32-15-16-6-9-19(24)10-7-16)14-25-26-23(28)18-4-3-5-20(13-18)27(29)30/h3-14H,2,15H2,1H3,(H,26,28)/b25-14+. The third kappa shape index (κ3) is 6.29. The molecule has 3 aromatic rings. The summed E-state index contributed by atoms with van der Waals surface area (Å²) < 4.78 is 11.5. The van der Waals surface area contributed by atoms with Crippen molar-refractivity contribution >= 4 is 29.4 Å². The second-order valence-corrected chi connectivity index (χ2v) is 7.00. The van der Waals surface area contributed by atoms with Crippen LogP contribution in [-0.4, -0.2) is 23.7 Å². The maximum Gasteiger partial charge on any atom is 0.271 e. The quantitative estimate of drug-likeness (QED) is 0.279. The summed E-state index contributed by atoms with van der Waals surface area (Å²) in [5, 5.41) is 15.4. The van der Waals surface area contributed by atoms with Crippen LogP contribution in [0.25, 0.3) is 0 Å². The van der Waals surface area contributed by atoms with Gasteiger partial charge < -0.3 is 9.47 Å². The molecular weight excluding hydrogens is 434 g/mol. The summed E-state index contributed by atoms with van der Waals surface area (Å²) in [4.78, 5) is 22.5. The molecule has 0 aliphatic carbocycles. The highest BCUT2D eigenvalue weighted by atomic mass is 35.5. The molecule has 0 heterocycles. The summed E-state index contributed by atoms with van der Waals surface area (Å²) in [6.45, 7) is 2.66. The van der Waals surface area contributed by atoms with Gasteiger partial charge in [0, 0.05) is 22.7 Å². The van der Waals surface area contributed by atoms with E-state index in [1.165, 1.54) is 30.5 Å². The molecule has 0 saturated carbocycles. The minimum absolute atomic E-state index is 0.136. The largest absolute Gasteiger partial charge is 0.490 e. The molecule has 0 unspecified atom stereocenters. The van der Waals surface area contributed by atoms with Crippen molar-refractivity contribution in [2.24, 2.45) is 5.10 Å². The van der Waals surface area contributed by atoms with Crippen LogP contribution in [0.4, 0.5) is 5.69 Å². The van der Waals surface area contributed by atoms with E-state index in [4.69, 9.17) is 21.1 Å². The molecule has 0 atom stereocenters. The average Bonchev–Trinajstić information content (AvgIpc) is 2.80. The van der Waals surface area contributed by atoms with Gasteiger partial charge in [-0.15, -0.1) is 0 Å². The van der Waals surface area contributed by atoms with Crippen LogP contribution in [-0.2, 0) is 6.61 Å². The van der Waals surface area contributed by atoms with E-state index in [2.05, 4.69) is 10.5 Å². The molecule has 9 heteroatoms. The van der Waals surface area contributed by atoms with Crippen molar-refractivity contribution in [2.75, 3.05) is 6.61 Å². The van der Waals surface area contributed by atoms with Crippen molar-refractivity contribution in [3.8, 4) is 11.5 Å². The number of hydrogen-bond donors (Lipinski definition) is 1. The first-order valence-electron chi connectivity index (χ1n) is 9.68. The molecule has 0 fully saturated rings. The Morgan fingerprint density at radius 3 is 2.59 bits per heavy atom. The number of carbonyl (C=O) groups excluding carboxylic acids is 1. The predicted octanol–water partition coefficient (Wildman–Crippen LogP) is 4.99. The van der Waals surface area contributed by atoms with E-state index in [1.807, 2.05) is 19.1 Å². The molecule has 0 spiro atoms. The van der Waals surface area contributed by atoms with E-state index in [9.17, 15) is 14.9 Å². The topological polar surface area (TPSA) is 103 Å². The van der Waals surface area contributed by atoms with Crippen LogP contribution in [0.1, 0.15) is 28.4 Å². The van der Waals surface area contributed by atoms with Crippen molar-refractivity contribution in [3.63, 3.8) is 0 Å². The number of nitro benzene ring substituents is 1. The Bertz CT molecular complexity index is 1130. The highest BCUT2D eigenvalue weighted by Crippen LogP contribution is 2.29. The smallest absolute Gasteiger partial charge is 0.271 e. The van der Waals surface area contributed by atoms with Crippen molar-refractivity contribution in [1.29, 1.82) is 0 Å². The Labute approximate surface area is 189 Å². The maximum atomic E-state index is 12.2. The monoisotopic (exact) mass is 453 g/mol. The Kier molecular flexibility index (Phi) is 7.77. The first kappa shape index (κ1) is 22.8. The number of hydrogen-bond acceptors (Lipinski definition) is 6. The lowest BCUT2D eigenvalue weighted by molar-refractivity contribution is -0.384. The molecule has 8 nitrogen and oxygen atoms in total. The molecule has 0 bridgehead atoms. The summed E-state index contributed by atoms with van der Waals surface area (Å²) in [6.07, 6.45) is 1.45. The lowest BCUT2D eigenvalue weighted by Crippen LogP contribution is -2.17.